The third-order valence-corrected chi connectivity index (χ3v) is 9.27. The first-order chi connectivity index (χ1) is 22.8. The van der Waals surface area contributed by atoms with Gasteiger partial charge in [-0.15, -0.1) is 0 Å². The van der Waals surface area contributed by atoms with Gasteiger partial charge in [-0.25, -0.2) is 14.8 Å². The van der Waals surface area contributed by atoms with Crippen LogP contribution in [-0.2, 0) is 29.1 Å². The van der Waals surface area contributed by atoms with Gasteiger partial charge in [-0.3, -0.25) is 15.0 Å². The van der Waals surface area contributed by atoms with Crippen LogP contribution in [0.2, 0.25) is 0 Å². The van der Waals surface area contributed by atoms with Crippen LogP contribution >= 0.6 is 0 Å². The number of aliphatic carboxylic acids is 1. The summed E-state index contributed by atoms with van der Waals surface area (Å²) in [6.45, 7) is 14.6. The Morgan fingerprint density at radius 3 is 2.42 bits per heavy atom. The third kappa shape index (κ3) is 7.02. The number of rotatable bonds is 8. The predicted molar refractivity (Wildman–Crippen MR) is 185 cm³/mol. The number of pyridine rings is 1. The zero-order valence-corrected chi connectivity index (χ0v) is 28.7. The number of carboxylic acids is 1. The number of ether oxygens (including phenoxy) is 1. The maximum absolute atomic E-state index is 12.9. The summed E-state index contributed by atoms with van der Waals surface area (Å²) in [4.78, 5) is 40.0. The Balaban J connectivity index is 1.42. The molecule has 1 unspecified atom stereocenters. The Morgan fingerprint density at radius 2 is 1.75 bits per heavy atom. The molecule has 0 spiro atoms. The SMILES string of the molecule is Cc1nc(CO)c(-c2ccc3c(c2)CCN(c2nccc(-c4cnccn4)n2)C3)c(N2CCC(C)(C)CC2)c1C(OC(C)(C)C)C(=O)O. The Labute approximate surface area is 282 Å². The van der Waals surface area contributed by atoms with Crippen molar-refractivity contribution in [3.8, 4) is 22.5 Å². The van der Waals surface area contributed by atoms with Gasteiger partial charge in [0.25, 0.3) is 0 Å². The zero-order valence-electron chi connectivity index (χ0n) is 28.7. The summed E-state index contributed by atoms with van der Waals surface area (Å²) in [5.41, 5.74) is 7.34. The molecule has 5 heterocycles. The van der Waals surface area contributed by atoms with Gasteiger partial charge >= 0.3 is 5.97 Å². The highest BCUT2D eigenvalue weighted by molar-refractivity contribution is 5.88. The standard InChI is InChI=1S/C37H45N7O4/c1-23-30(33(34(46)47)48-36(2,3)4)32(43-17-11-37(5,6)12-18-43)31(29(22-45)41-23)25-7-8-26-21-44(16-10-24(26)19-25)35-40-13-9-27(42-35)28-20-38-14-15-39-28/h7-9,13-15,19-20,33,45H,10-12,16-18,21-22H2,1-6H3,(H,46,47). The van der Waals surface area contributed by atoms with E-state index >= 15 is 0 Å². The second-order valence-electron chi connectivity index (χ2n) is 14.5. The van der Waals surface area contributed by atoms with Crippen LogP contribution in [-0.4, -0.2) is 66.3 Å². The highest BCUT2D eigenvalue weighted by Crippen LogP contribution is 2.45. The molecule has 6 rings (SSSR count). The first kappa shape index (κ1) is 33.4. The van der Waals surface area contributed by atoms with Crippen molar-refractivity contribution in [1.29, 1.82) is 0 Å². The number of anilines is 2. The Hall–Kier alpha value is -4.48. The molecule has 1 aromatic carbocycles. The van der Waals surface area contributed by atoms with Crippen molar-refractivity contribution in [2.45, 2.75) is 85.7 Å². The Morgan fingerprint density at radius 1 is 0.979 bits per heavy atom. The fraction of sp³-hybridized carbons (Fsp3) is 0.459. The predicted octanol–water partition coefficient (Wildman–Crippen LogP) is 5.93. The van der Waals surface area contributed by atoms with Crippen molar-refractivity contribution in [3.05, 3.63) is 77.1 Å². The molecule has 2 N–H and O–H groups in total. The highest BCUT2D eigenvalue weighted by atomic mass is 16.5. The van der Waals surface area contributed by atoms with Crippen molar-refractivity contribution >= 4 is 17.6 Å². The van der Waals surface area contributed by atoms with Crippen LogP contribution in [0.4, 0.5) is 11.6 Å². The molecule has 0 aliphatic carbocycles. The van der Waals surface area contributed by atoms with E-state index in [0.29, 0.717) is 35.1 Å². The molecule has 1 saturated heterocycles. The van der Waals surface area contributed by atoms with Crippen LogP contribution in [0.25, 0.3) is 22.5 Å². The topological polar surface area (TPSA) is 138 Å². The number of benzene rings is 1. The van der Waals surface area contributed by atoms with Crippen LogP contribution in [0, 0.1) is 12.3 Å². The number of carboxylic acid groups (broad SMARTS) is 1. The van der Waals surface area contributed by atoms with Gasteiger partial charge in [0.2, 0.25) is 5.95 Å². The lowest BCUT2D eigenvalue weighted by atomic mass is 9.81. The van der Waals surface area contributed by atoms with Crippen molar-refractivity contribution < 1.29 is 19.7 Å². The summed E-state index contributed by atoms with van der Waals surface area (Å²) in [6, 6.07) is 8.19. The van der Waals surface area contributed by atoms with Gasteiger partial charge in [0.15, 0.2) is 6.10 Å². The van der Waals surface area contributed by atoms with Gasteiger partial charge in [-0.1, -0.05) is 32.0 Å². The van der Waals surface area contributed by atoms with Crippen LogP contribution in [0.5, 0.6) is 0 Å². The summed E-state index contributed by atoms with van der Waals surface area (Å²) in [5.74, 6) is -0.427. The summed E-state index contributed by atoms with van der Waals surface area (Å²) >= 11 is 0. The molecule has 11 nitrogen and oxygen atoms in total. The van der Waals surface area contributed by atoms with Gasteiger partial charge in [-0.05, 0) is 75.1 Å². The Bertz CT molecular complexity index is 1800. The largest absolute Gasteiger partial charge is 0.479 e. The number of aliphatic hydroxyl groups excluding tert-OH is 1. The third-order valence-electron chi connectivity index (χ3n) is 9.27. The van der Waals surface area contributed by atoms with E-state index in [2.05, 4.69) is 56.8 Å². The van der Waals surface area contributed by atoms with E-state index in [-0.39, 0.29) is 12.0 Å². The normalized spacial score (nSPS) is 16.8. The van der Waals surface area contributed by atoms with Crippen LogP contribution in [0.3, 0.4) is 0 Å². The molecule has 0 saturated carbocycles. The molecule has 0 amide bonds. The molecule has 1 fully saturated rings. The van der Waals surface area contributed by atoms with Gasteiger partial charge in [0, 0.05) is 61.6 Å². The number of hydrogen-bond acceptors (Lipinski definition) is 10. The van der Waals surface area contributed by atoms with Crippen molar-refractivity contribution in [2.24, 2.45) is 5.41 Å². The summed E-state index contributed by atoms with van der Waals surface area (Å²) in [6.07, 6.45) is 8.19. The minimum absolute atomic E-state index is 0.183. The summed E-state index contributed by atoms with van der Waals surface area (Å²) in [7, 11) is 0. The quantitative estimate of drug-likeness (QED) is 0.235. The summed E-state index contributed by atoms with van der Waals surface area (Å²) < 4.78 is 6.23. The lowest BCUT2D eigenvalue weighted by molar-refractivity contribution is -0.160. The second-order valence-corrected chi connectivity index (χ2v) is 14.5. The number of piperidine rings is 1. The molecule has 1 atom stereocenters. The van der Waals surface area contributed by atoms with Gasteiger partial charge in [-0.2, -0.15) is 0 Å². The fourth-order valence-electron chi connectivity index (χ4n) is 6.70. The molecule has 0 radical (unpaired) electrons. The Kier molecular flexibility index (Phi) is 9.19. The first-order valence-corrected chi connectivity index (χ1v) is 16.6. The van der Waals surface area contributed by atoms with E-state index in [9.17, 15) is 15.0 Å². The molecule has 2 aliphatic rings. The molecule has 252 valence electrons. The van der Waals surface area contributed by atoms with E-state index in [1.165, 1.54) is 5.56 Å². The number of aromatic nitrogens is 5. The smallest absolute Gasteiger partial charge is 0.337 e. The number of aryl methyl sites for hydroxylation is 1. The second kappa shape index (κ2) is 13.2. The maximum atomic E-state index is 12.9. The molecule has 0 bridgehead atoms. The van der Waals surface area contributed by atoms with Crippen LogP contribution < -0.4 is 9.80 Å². The number of fused-ring (bicyclic) bond motifs is 1. The van der Waals surface area contributed by atoms with E-state index in [0.717, 1.165) is 67.0 Å². The van der Waals surface area contributed by atoms with Crippen LogP contribution in [0.1, 0.15) is 81.6 Å². The van der Waals surface area contributed by atoms with Crippen molar-refractivity contribution in [1.82, 2.24) is 24.9 Å². The van der Waals surface area contributed by atoms with Crippen molar-refractivity contribution in [3.63, 3.8) is 0 Å². The fourth-order valence-corrected chi connectivity index (χ4v) is 6.70. The lowest BCUT2D eigenvalue weighted by Gasteiger charge is -2.41. The van der Waals surface area contributed by atoms with E-state index in [1.807, 2.05) is 33.8 Å². The lowest BCUT2D eigenvalue weighted by Crippen LogP contribution is -2.39. The average Bonchev–Trinajstić information content (AvgIpc) is 3.06. The van der Waals surface area contributed by atoms with Gasteiger partial charge in [0.05, 0.1) is 35.5 Å². The number of carbonyl (C=O) groups is 1. The van der Waals surface area contributed by atoms with E-state index < -0.39 is 17.7 Å². The van der Waals surface area contributed by atoms with Crippen LogP contribution in [0.15, 0.2) is 49.1 Å². The molecule has 3 aromatic heterocycles. The highest BCUT2D eigenvalue weighted by Gasteiger charge is 2.37. The molecular formula is C37H45N7O4. The van der Waals surface area contributed by atoms with E-state index in [4.69, 9.17) is 14.7 Å². The molecular weight excluding hydrogens is 606 g/mol. The number of hydrogen-bond donors (Lipinski definition) is 2. The maximum Gasteiger partial charge on any atom is 0.337 e. The van der Waals surface area contributed by atoms with Gasteiger partial charge in [0.1, 0.15) is 5.69 Å². The number of nitrogens with zero attached hydrogens (tertiary/aromatic N) is 7. The number of aliphatic hydroxyl groups is 1. The first-order valence-electron chi connectivity index (χ1n) is 16.6. The van der Waals surface area contributed by atoms with Crippen molar-refractivity contribution in [2.75, 3.05) is 29.4 Å². The average molecular weight is 652 g/mol. The molecule has 11 heteroatoms. The molecule has 4 aromatic rings. The monoisotopic (exact) mass is 651 g/mol. The molecule has 2 aliphatic heterocycles. The van der Waals surface area contributed by atoms with E-state index in [1.54, 1.807) is 24.8 Å². The minimum atomic E-state index is -1.22. The van der Waals surface area contributed by atoms with Gasteiger partial charge < -0.3 is 24.7 Å². The zero-order chi connectivity index (χ0) is 34.2. The summed E-state index contributed by atoms with van der Waals surface area (Å²) in [5, 5.41) is 21.2. The minimum Gasteiger partial charge on any atom is -0.479 e. The molecule has 48 heavy (non-hydrogen) atoms.